The first-order valence-electron chi connectivity index (χ1n) is 7.14. The summed E-state index contributed by atoms with van der Waals surface area (Å²) in [6.07, 6.45) is 0. The smallest absolute Gasteiger partial charge is 0.123 e. The highest BCUT2D eigenvalue weighted by Crippen LogP contribution is 2.38. The zero-order valence-electron chi connectivity index (χ0n) is 12.2. The second-order valence-electron chi connectivity index (χ2n) is 5.36. The maximum atomic E-state index is 10.2. The Kier molecular flexibility index (Phi) is 3.81. The van der Waals surface area contributed by atoms with Gasteiger partial charge in [-0.3, -0.25) is 0 Å². The number of hydrogen-bond donors (Lipinski definition) is 4. The lowest BCUT2D eigenvalue weighted by molar-refractivity contribution is 0.445. The molecule has 0 aliphatic rings. The van der Waals surface area contributed by atoms with Crippen LogP contribution in [-0.2, 0) is 0 Å². The minimum atomic E-state index is -0.295. The highest BCUT2D eigenvalue weighted by atomic mass is 16.3. The second kappa shape index (κ2) is 5.93. The third-order valence-electron chi connectivity index (χ3n) is 3.78. The molecule has 0 aromatic heterocycles. The molecular weight excluding hydrogens is 292 g/mol. The van der Waals surface area contributed by atoms with Crippen molar-refractivity contribution in [1.29, 1.82) is 0 Å². The van der Waals surface area contributed by atoms with Crippen LogP contribution in [0.4, 0.5) is 0 Å². The summed E-state index contributed by atoms with van der Waals surface area (Å²) in [6.45, 7) is 0. The molecule has 0 bridgehead atoms. The van der Waals surface area contributed by atoms with E-state index in [1.165, 1.54) is 12.1 Å². The van der Waals surface area contributed by atoms with Crippen molar-refractivity contribution in [1.82, 2.24) is 0 Å². The van der Waals surface area contributed by atoms with Gasteiger partial charge in [-0.25, -0.2) is 0 Å². The molecule has 4 nitrogen and oxygen atoms in total. The Morgan fingerprint density at radius 2 is 0.957 bits per heavy atom. The molecule has 0 saturated heterocycles. The van der Waals surface area contributed by atoms with Crippen LogP contribution in [0.5, 0.6) is 23.0 Å². The molecule has 0 heterocycles. The van der Waals surface area contributed by atoms with Gasteiger partial charge >= 0.3 is 0 Å². The highest BCUT2D eigenvalue weighted by Gasteiger charge is 2.20. The molecular formula is C19H16O4. The Morgan fingerprint density at radius 3 is 1.39 bits per heavy atom. The van der Waals surface area contributed by atoms with Crippen LogP contribution in [0.25, 0.3) is 0 Å². The molecule has 0 saturated carbocycles. The fourth-order valence-corrected chi connectivity index (χ4v) is 2.66. The van der Waals surface area contributed by atoms with E-state index in [4.69, 9.17) is 0 Å². The molecule has 0 aliphatic heterocycles. The van der Waals surface area contributed by atoms with Crippen LogP contribution >= 0.6 is 0 Å². The number of hydrogen-bond acceptors (Lipinski definition) is 4. The van der Waals surface area contributed by atoms with E-state index in [0.29, 0.717) is 5.56 Å². The Bertz CT molecular complexity index is 762. The lowest BCUT2D eigenvalue weighted by atomic mass is 9.84. The van der Waals surface area contributed by atoms with Crippen LogP contribution in [0.15, 0.2) is 66.7 Å². The molecule has 3 rings (SSSR count). The van der Waals surface area contributed by atoms with Crippen molar-refractivity contribution in [2.75, 3.05) is 0 Å². The largest absolute Gasteiger partial charge is 0.508 e. The first-order chi connectivity index (χ1) is 11.0. The molecule has 23 heavy (non-hydrogen) atoms. The highest BCUT2D eigenvalue weighted by molar-refractivity contribution is 5.51. The SMILES string of the molecule is Oc1ccc(C(c2ccc(O)cc2)c2ccc(O)cc2O)cc1. The lowest BCUT2D eigenvalue weighted by Crippen LogP contribution is -2.03. The molecule has 3 aromatic rings. The van der Waals surface area contributed by atoms with Gasteiger partial charge in [0.1, 0.15) is 23.0 Å². The maximum absolute atomic E-state index is 10.2. The number of phenolic OH excluding ortho intramolecular Hbond substituents is 4. The number of rotatable bonds is 3. The molecule has 0 aliphatic carbocycles. The van der Waals surface area contributed by atoms with Gasteiger partial charge in [-0.05, 0) is 41.5 Å². The predicted octanol–water partition coefficient (Wildman–Crippen LogP) is 3.69. The van der Waals surface area contributed by atoms with Gasteiger partial charge in [-0.2, -0.15) is 0 Å². The number of aromatic hydroxyl groups is 4. The quantitative estimate of drug-likeness (QED) is 0.556. The normalized spacial score (nSPS) is 10.8. The minimum Gasteiger partial charge on any atom is -0.508 e. The molecule has 0 unspecified atom stereocenters. The fourth-order valence-electron chi connectivity index (χ4n) is 2.66. The van der Waals surface area contributed by atoms with E-state index in [0.717, 1.165) is 11.1 Å². The van der Waals surface area contributed by atoms with Gasteiger partial charge in [0.05, 0.1) is 0 Å². The van der Waals surface area contributed by atoms with E-state index >= 15 is 0 Å². The first kappa shape index (κ1) is 14.8. The van der Waals surface area contributed by atoms with Crippen molar-refractivity contribution < 1.29 is 20.4 Å². The zero-order valence-corrected chi connectivity index (χ0v) is 12.2. The predicted molar refractivity (Wildman–Crippen MR) is 86.9 cm³/mol. The van der Waals surface area contributed by atoms with Crippen LogP contribution in [0.2, 0.25) is 0 Å². The maximum Gasteiger partial charge on any atom is 0.123 e. The summed E-state index contributed by atoms with van der Waals surface area (Å²) in [5.41, 5.74) is 2.36. The van der Waals surface area contributed by atoms with Crippen LogP contribution in [0.1, 0.15) is 22.6 Å². The summed E-state index contributed by atoms with van der Waals surface area (Å²) in [6, 6.07) is 17.9. The second-order valence-corrected chi connectivity index (χ2v) is 5.36. The summed E-state index contributed by atoms with van der Waals surface area (Å²) in [5.74, 6) is -0.00405. The topological polar surface area (TPSA) is 80.9 Å². The van der Waals surface area contributed by atoms with E-state index in [2.05, 4.69) is 0 Å². The van der Waals surface area contributed by atoms with Crippen molar-refractivity contribution >= 4 is 0 Å². The molecule has 0 radical (unpaired) electrons. The third kappa shape index (κ3) is 3.06. The van der Waals surface area contributed by atoms with Crippen molar-refractivity contribution in [2.24, 2.45) is 0 Å². The van der Waals surface area contributed by atoms with E-state index in [1.807, 2.05) is 0 Å². The van der Waals surface area contributed by atoms with Gasteiger partial charge in [0.2, 0.25) is 0 Å². The summed E-state index contributed by atoms with van der Waals surface area (Å²) in [5, 5.41) is 38.7. The van der Waals surface area contributed by atoms with Gasteiger partial charge in [-0.1, -0.05) is 30.3 Å². The average Bonchev–Trinajstić information content (AvgIpc) is 2.53. The first-order valence-corrected chi connectivity index (χ1v) is 7.14. The molecule has 3 aromatic carbocycles. The molecule has 4 heteroatoms. The third-order valence-corrected chi connectivity index (χ3v) is 3.78. The average molecular weight is 308 g/mol. The summed E-state index contributed by atoms with van der Waals surface area (Å²) >= 11 is 0. The summed E-state index contributed by atoms with van der Waals surface area (Å²) in [7, 11) is 0. The van der Waals surface area contributed by atoms with Crippen LogP contribution in [-0.4, -0.2) is 20.4 Å². The van der Waals surface area contributed by atoms with Crippen molar-refractivity contribution in [2.45, 2.75) is 5.92 Å². The van der Waals surface area contributed by atoms with E-state index < -0.39 is 0 Å². The number of benzene rings is 3. The summed E-state index contributed by atoms with van der Waals surface area (Å²) in [4.78, 5) is 0. The van der Waals surface area contributed by atoms with Crippen LogP contribution in [0.3, 0.4) is 0 Å². The van der Waals surface area contributed by atoms with Gasteiger partial charge in [-0.15, -0.1) is 0 Å². The van der Waals surface area contributed by atoms with Gasteiger partial charge < -0.3 is 20.4 Å². The monoisotopic (exact) mass is 308 g/mol. The Hall–Kier alpha value is -3.14. The standard InChI is InChI=1S/C19H16O4/c20-14-5-1-12(2-6-14)19(13-3-7-15(21)8-4-13)17-10-9-16(22)11-18(17)23/h1-11,19-23H. The minimum absolute atomic E-state index is 0.0126. The van der Waals surface area contributed by atoms with Crippen molar-refractivity contribution in [3.8, 4) is 23.0 Å². The zero-order chi connectivity index (χ0) is 16.4. The molecule has 0 amide bonds. The van der Waals surface area contributed by atoms with Crippen molar-refractivity contribution in [3.05, 3.63) is 83.4 Å². The van der Waals surface area contributed by atoms with Crippen LogP contribution < -0.4 is 0 Å². The molecule has 0 fully saturated rings. The summed E-state index contributed by atoms with van der Waals surface area (Å²) < 4.78 is 0. The fraction of sp³-hybridized carbons (Fsp3) is 0.0526. The Balaban J connectivity index is 2.16. The van der Waals surface area contributed by atoms with E-state index in [1.54, 1.807) is 54.6 Å². The number of phenols is 4. The van der Waals surface area contributed by atoms with E-state index in [9.17, 15) is 20.4 Å². The van der Waals surface area contributed by atoms with Gasteiger partial charge in [0.15, 0.2) is 0 Å². The van der Waals surface area contributed by atoms with Crippen LogP contribution in [0, 0.1) is 0 Å². The molecule has 4 N–H and O–H groups in total. The Labute approximate surface area is 133 Å². The van der Waals surface area contributed by atoms with Gasteiger partial charge in [0.25, 0.3) is 0 Å². The van der Waals surface area contributed by atoms with Gasteiger partial charge in [0, 0.05) is 17.5 Å². The molecule has 0 atom stereocenters. The Morgan fingerprint density at radius 1 is 0.522 bits per heavy atom. The van der Waals surface area contributed by atoms with E-state index in [-0.39, 0.29) is 28.9 Å². The molecule has 0 spiro atoms. The molecule has 116 valence electrons. The lowest BCUT2D eigenvalue weighted by Gasteiger charge is -2.20. The van der Waals surface area contributed by atoms with Crippen molar-refractivity contribution in [3.63, 3.8) is 0 Å².